The Morgan fingerprint density at radius 3 is 2.20 bits per heavy atom. The van der Waals surface area contributed by atoms with Crippen molar-refractivity contribution in [2.45, 2.75) is 25.8 Å². The number of hydrogen-bond donors (Lipinski definition) is 2. The van der Waals surface area contributed by atoms with Gasteiger partial charge in [-0.25, -0.2) is 4.79 Å². The fourth-order valence-corrected chi connectivity index (χ4v) is 4.24. The molecule has 3 aromatic carbocycles. The van der Waals surface area contributed by atoms with E-state index in [4.69, 9.17) is 23.7 Å². The Hall–Kier alpha value is -5.12. The van der Waals surface area contributed by atoms with E-state index in [1.54, 1.807) is 12.1 Å². The molecule has 0 radical (unpaired) electrons. The lowest BCUT2D eigenvalue weighted by Crippen LogP contribution is -2.25. The van der Waals surface area contributed by atoms with Crippen LogP contribution in [-0.4, -0.2) is 37.2 Å². The van der Waals surface area contributed by atoms with Gasteiger partial charge in [-0.05, 0) is 46.5 Å². The van der Waals surface area contributed by atoms with Crippen LogP contribution in [0.25, 0.3) is 11.0 Å². The number of nitrogens with one attached hydrogen (secondary N) is 1. The zero-order valence-corrected chi connectivity index (χ0v) is 21.9. The maximum atomic E-state index is 12.9. The second-order valence-corrected chi connectivity index (χ2v) is 8.89. The number of methoxy groups -OCH3 is 2. The molecular weight excluding hydrogens is 518 g/mol. The highest BCUT2D eigenvalue weighted by Gasteiger charge is 2.17. The van der Waals surface area contributed by atoms with Crippen LogP contribution in [0.4, 0.5) is 0 Å². The molecule has 0 atom stereocenters. The quantitative estimate of drug-likeness (QED) is 0.165. The Kier molecular flexibility index (Phi) is 8.80. The van der Waals surface area contributed by atoms with E-state index in [1.807, 2.05) is 30.3 Å². The average molecular weight is 546 g/mol. The monoisotopic (exact) mass is 545 g/mol. The van der Waals surface area contributed by atoms with E-state index in [0.29, 0.717) is 33.6 Å². The zero-order valence-electron chi connectivity index (χ0n) is 21.9. The first-order valence-electron chi connectivity index (χ1n) is 12.3. The number of esters is 1. The summed E-state index contributed by atoms with van der Waals surface area (Å²) in [6.07, 6.45) is -0.311. The molecule has 0 aliphatic carbocycles. The molecule has 1 heterocycles. The third-order valence-electron chi connectivity index (χ3n) is 6.10. The SMILES string of the molecule is COc1cc(CNC(=O)Cc2ccccc2)c(CC(=O)Oc2ccc3c(CC(=O)O)cc(=O)oc3c2)cc1OC. The highest BCUT2D eigenvalue weighted by atomic mass is 16.5. The molecule has 0 spiro atoms. The number of carbonyl (C=O) groups is 3. The number of carbonyl (C=O) groups excluding carboxylic acids is 2. The predicted octanol–water partition coefficient (Wildman–Crippen LogP) is 3.44. The number of hydrogen-bond acceptors (Lipinski definition) is 8. The summed E-state index contributed by atoms with van der Waals surface area (Å²) >= 11 is 0. The lowest BCUT2D eigenvalue weighted by molar-refractivity contribution is -0.136. The van der Waals surface area contributed by atoms with Crippen molar-refractivity contribution in [3.63, 3.8) is 0 Å². The minimum Gasteiger partial charge on any atom is -0.493 e. The van der Waals surface area contributed by atoms with Crippen LogP contribution in [0, 0.1) is 0 Å². The topological polar surface area (TPSA) is 141 Å². The molecule has 0 aliphatic heterocycles. The molecule has 0 bridgehead atoms. The van der Waals surface area contributed by atoms with Crippen LogP contribution in [0.5, 0.6) is 17.2 Å². The maximum absolute atomic E-state index is 12.9. The van der Waals surface area contributed by atoms with E-state index in [1.165, 1.54) is 32.4 Å². The van der Waals surface area contributed by atoms with Gasteiger partial charge in [0.25, 0.3) is 0 Å². The summed E-state index contributed by atoms with van der Waals surface area (Å²) in [5, 5.41) is 12.4. The minimum atomic E-state index is -1.09. The number of rotatable bonds is 11. The second kappa shape index (κ2) is 12.6. The molecule has 2 N–H and O–H groups in total. The number of carboxylic acid groups (broad SMARTS) is 1. The van der Waals surface area contributed by atoms with Crippen molar-refractivity contribution in [1.29, 1.82) is 0 Å². The van der Waals surface area contributed by atoms with Gasteiger partial charge in [0.05, 0.1) is 33.5 Å². The van der Waals surface area contributed by atoms with E-state index < -0.39 is 17.6 Å². The number of benzene rings is 3. The number of fused-ring (bicyclic) bond motifs is 1. The van der Waals surface area contributed by atoms with Gasteiger partial charge in [0.15, 0.2) is 11.5 Å². The Morgan fingerprint density at radius 1 is 0.825 bits per heavy atom. The molecule has 0 aliphatic rings. The molecule has 4 rings (SSSR count). The number of carboxylic acids is 1. The number of ether oxygens (including phenoxy) is 3. The molecule has 10 heteroatoms. The van der Waals surface area contributed by atoms with Gasteiger partial charge in [-0.1, -0.05) is 30.3 Å². The molecule has 1 aromatic heterocycles. The van der Waals surface area contributed by atoms with Crippen LogP contribution in [-0.2, 0) is 40.2 Å². The number of aliphatic carboxylic acids is 1. The summed E-state index contributed by atoms with van der Waals surface area (Å²) in [5.74, 6) is -0.936. The second-order valence-electron chi connectivity index (χ2n) is 8.89. The standard InChI is InChI=1S/C30H27NO9/c1-37-25-11-19(21(12-26(25)38-2)17-31-27(32)10-18-6-4-3-5-7-18)14-29(35)39-22-8-9-23-20(13-28(33)34)15-30(36)40-24(23)16-22/h3-9,11-12,15-16H,10,13-14,17H2,1-2H3,(H,31,32)(H,33,34). The lowest BCUT2D eigenvalue weighted by atomic mass is 10.0. The molecular formula is C30H27NO9. The molecule has 1 amide bonds. The van der Waals surface area contributed by atoms with Crippen LogP contribution in [0.2, 0.25) is 0 Å². The van der Waals surface area contributed by atoms with E-state index in [2.05, 4.69) is 5.32 Å². The fourth-order valence-electron chi connectivity index (χ4n) is 4.24. The van der Waals surface area contributed by atoms with Crippen molar-refractivity contribution in [3.8, 4) is 17.2 Å². The summed E-state index contributed by atoms with van der Waals surface area (Å²) in [7, 11) is 2.96. The van der Waals surface area contributed by atoms with Gasteiger partial charge < -0.3 is 29.1 Å². The maximum Gasteiger partial charge on any atom is 0.336 e. The van der Waals surface area contributed by atoms with Crippen molar-refractivity contribution in [2.24, 2.45) is 0 Å². The third-order valence-corrected chi connectivity index (χ3v) is 6.10. The molecule has 0 saturated carbocycles. The largest absolute Gasteiger partial charge is 0.493 e. The molecule has 10 nitrogen and oxygen atoms in total. The van der Waals surface area contributed by atoms with E-state index in [9.17, 15) is 19.2 Å². The van der Waals surface area contributed by atoms with Crippen molar-refractivity contribution < 1.29 is 38.1 Å². The molecule has 0 fully saturated rings. The fraction of sp³-hybridized carbons (Fsp3) is 0.200. The predicted molar refractivity (Wildman–Crippen MR) is 145 cm³/mol. The van der Waals surface area contributed by atoms with Crippen LogP contribution >= 0.6 is 0 Å². The average Bonchev–Trinajstić information content (AvgIpc) is 2.92. The van der Waals surface area contributed by atoms with E-state index in [0.717, 1.165) is 11.6 Å². The van der Waals surface area contributed by atoms with Crippen LogP contribution in [0.1, 0.15) is 22.3 Å². The first kappa shape index (κ1) is 27.9. The van der Waals surface area contributed by atoms with Crippen LogP contribution in [0.15, 0.2) is 75.9 Å². The molecule has 4 aromatic rings. The number of amides is 1. The van der Waals surface area contributed by atoms with Gasteiger partial charge in [-0.2, -0.15) is 0 Å². The van der Waals surface area contributed by atoms with Crippen LogP contribution in [0.3, 0.4) is 0 Å². The molecule has 206 valence electrons. The highest BCUT2D eigenvalue weighted by molar-refractivity contribution is 5.86. The first-order chi connectivity index (χ1) is 19.2. The Morgan fingerprint density at radius 2 is 1.52 bits per heavy atom. The van der Waals surface area contributed by atoms with Gasteiger partial charge in [-0.15, -0.1) is 0 Å². The van der Waals surface area contributed by atoms with E-state index >= 15 is 0 Å². The smallest absolute Gasteiger partial charge is 0.336 e. The van der Waals surface area contributed by atoms with Crippen molar-refractivity contribution >= 4 is 28.8 Å². The normalized spacial score (nSPS) is 10.7. The van der Waals surface area contributed by atoms with Gasteiger partial charge in [0, 0.05) is 24.1 Å². The summed E-state index contributed by atoms with van der Waals surface area (Å²) in [6, 6.07) is 18.2. The van der Waals surface area contributed by atoms with Gasteiger partial charge in [0.2, 0.25) is 5.91 Å². The van der Waals surface area contributed by atoms with Crippen molar-refractivity contribution in [3.05, 3.63) is 99.4 Å². The van der Waals surface area contributed by atoms with Gasteiger partial charge >= 0.3 is 17.6 Å². The summed E-state index contributed by atoms with van der Waals surface area (Å²) in [4.78, 5) is 48.5. The van der Waals surface area contributed by atoms with Gasteiger partial charge in [0.1, 0.15) is 11.3 Å². The zero-order chi connectivity index (χ0) is 28.6. The molecule has 0 unspecified atom stereocenters. The molecule has 40 heavy (non-hydrogen) atoms. The van der Waals surface area contributed by atoms with E-state index in [-0.39, 0.29) is 43.0 Å². The van der Waals surface area contributed by atoms with Crippen molar-refractivity contribution in [1.82, 2.24) is 5.32 Å². The summed E-state index contributed by atoms with van der Waals surface area (Å²) in [6.45, 7) is 0.141. The summed E-state index contributed by atoms with van der Waals surface area (Å²) in [5.41, 5.74) is 1.74. The van der Waals surface area contributed by atoms with Crippen molar-refractivity contribution in [2.75, 3.05) is 14.2 Å². The van der Waals surface area contributed by atoms with Crippen LogP contribution < -0.4 is 25.2 Å². The summed E-state index contributed by atoms with van der Waals surface area (Å²) < 4.78 is 21.5. The Balaban J connectivity index is 1.52. The lowest BCUT2D eigenvalue weighted by Gasteiger charge is -2.15. The van der Waals surface area contributed by atoms with Gasteiger partial charge in [-0.3, -0.25) is 14.4 Å². The Labute approximate surface area is 229 Å². The minimum absolute atomic E-state index is 0.0991. The highest BCUT2D eigenvalue weighted by Crippen LogP contribution is 2.31. The third kappa shape index (κ3) is 7.04. The molecule has 0 saturated heterocycles. The Bertz CT molecular complexity index is 1610. The first-order valence-corrected chi connectivity index (χ1v) is 12.3.